The lowest BCUT2D eigenvalue weighted by Gasteiger charge is -2.23. The highest BCUT2D eigenvalue weighted by Gasteiger charge is 2.23. The van der Waals surface area contributed by atoms with Gasteiger partial charge in [-0.2, -0.15) is 5.26 Å². The Morgan fingerprint density at radius 3 is 2.74 bits per heavy atom. The lowest BCUT2D eigenvalue weighted by atomic mass is 9.93. The lowest BCUT2D eigenvalue weighted by molar-refractivity contribution is 0.453. The second-order valence-electron chi connectivity index (χ2n) is 5.36. The second kappa shape index (κ2) is 7.27. The highest BCUT2D eigenvalue weighted by Crippen LogP contribution is 2.31. The van der Waals surface area contributed by atoms with Crippen LogP contribution in [-0.4, -0.2) is 28.2 Å². The molecule has 4 N–H and O–H groups in total. The summed E-state index contributed by atoms with van der Waals surface area (Å²) in [4.78, 5) is 8.74. The molecule has 0 amide bonds. The zero-order valence-electron chi connectivity index (χ0n) is 12.5. The number of hydrogen-bond donors (Lipinski definition) is 3. The average Bonchev–Trinajstić information content (AvgIpc) is 2.55. The predicted octanol–water partition coefficient (Wildman–Crippen LogP) is 2.19. The van der Waals surface area contributed by atoms with Crippen molar-refractivity contribution in [1.29, 1.82) is 5.26 Å². The number of nitriles is 1. The quantitative estimate of drug-likeness (QED) is 0.778. The molecule has 7 heteroatoms. The molecule has 1 aliphatic heterocycles. The van der Waals surface area contributed by atoms with Crippen LogP contribution < -0.4 is 11.1 Å². The van der Waals surface area contributed by atoms with Crippen molar-refractivity contribution < 1.29 is 5.11 Å². The van der Waals surface area contributed by atoms with Gasteiger partial charge in [-0.15, -0.1) is 12.4 Å². The molecule has 1 unspecified atom stereocenters. The van der Waals surface area contributed by atoms with Crippen LogP contribution >= 0.6 is 12.4 Å². The molecular weight excluding hydrogens is 314 g/mol. The number of halogens is 1. The van der Waals surface area contributed by atoms with Crippen molar-refractivity contribution >= 4 is 18.2 Å². The number of nitrogens with two attached hydrogens (primary N) is 1. The van der Waals surface area contributed by atoms with E-state index in [1.165, 1.54) is 0 Å². The number of nitrogen functional groups attached to an aromatic ring is 1. The number of anilines is 1. The van der Waals surface area contributed by atoms with Crippen LogP contribution in [-0.2, 0) is 0 Å². The molecular formula is C16H18ClN5O. The van der Waals surface area contributed by atoms with E-state index in [9.17, 15) is 10.4 Å². The molecule has 0 aliphatic carbocycles. The van der Waals surface area contributed by atoms with Gasteiger partial charge in [-0.25, -0.2) is 9.97 Å². The van der Waals surface area contributed by atoms with Gasteiger partial charge in [-0.3, -0.25) is 0 Å². The van der Waals surface area contributed by atoms with E-state index in [1.807, 2.05) is 0 Å². The molecule has 120 valence electrons. The van der Waals surface area contributed by atoms with E-state index < -0.39 is 0 Å². The number of phenolic OH excluding ortho intramolecular Hbond substituents is 1. The number of para-hydroxylation sites is 1. The van der Waals surface area contributed by atoms with Gasteiger partial charge in [0.1, 0.15) is 23.2 Å². The first-order chi connectivity index (χ1) is 10.7. The van der Waals surface area contributed by atoms with Crippen LogP contribution in [0.5, 0.6) is 5.75 Å². The minimum Gasteiger partial charge on any atom is -0.507 e. The van der Waals surface area contributed by atoms with Crippen LogP contribution in [0, 0.1) is 11.3 Å². The largest absolute Gasteiger partial charge is 0.507 e. The minimum atomic E-state index is 0. The van der Waals surface area contributed by atoms with E-state index in [1.54, 1.807) is 24.3 Å². The van der Waals surface area contributed by atoms with Gasteiger partial charge in [0.05, 0.1) is 11.3 Å². The fourth-order valence-electron chi connectivity index (χ4n) is 2.77. The molecule has 3 rings (SSSR count). The molecule has 0 saturated carbocycles. The van der Waals surface area contributed by atoms with Crippen molar-refractivity contribution in [2.75, 3.05) is 18.8 Å². The Bertz CT molecular complexity index is 738. The molecule has 1 saturated heterocycles. The van der Waals surface area contributed by atoms with E-state index in [4.69, 9.17) is 5.73 Å². The number of aromatic nitrogens is 2. The third kappa shape index (κ3) is 3.36. The monoisotopic (exact) mass is 331 g/mol. The summed E-state index contributed by atoms with van der Waals surface area (Å²) >= 11 is 0. The summed E-state index contributed by atoms with van der Waals surface area (Å²) in [5, 5.41) is 22.7. The van der Waals surface area contributed by atoms with Crippen molar-refractivity contribution in [3.8, 4) is 23.2 Å². The predicted molar refractivity (Wildman–Crippen MR) is 90.4 cm³/mol. The van der Waals surface area contributed by atoms with Gasteiger partial charge in [-0.05, 0) is 31.5 Å². The van der Waals surface area contributed by atoms with Crippen LogP contribution in [0.1, 0.15) is 30.0 Å². The number of phenols is 1. The summed E-state index contributed by atoms with van der Waals surface area (Å²) in [6.07, 6.45) is 1.99. The van der Waals surface area contributed by atoms with Crippen LogP contribution in [0.4, 0.5) is 5.82 Å². The Kier molecular flexibility index (Phi) is 5.37. The van der Waals surface area contributed by atoms with Crippen LogP contribution in [0.25, 0.3) is 11.4 Å². The maximum atomic E-state index is 9.98. The third-order valence-corrected chi connectivity index (χ3v) is 3.91. The SMILES string of the molecule is Cl.N#Cc1c(N)nc(-c2ccccc2O)nc1C1CCCNC1. The Labute approximate surface area is 140 Å². The summed E-state index contributed by atoms with van der Waals surface area (Å²) in [6.45, 7) is 1.75. The maximum Gasteiger partial charge on any atom is 0.165 e. The van der Waals surface area contributed by atoms with E-state index in [-0.39, 0.29) is 29.9 Å². The van der Waals surface area contributed by atoms with Gasteiger partial charge in [0, 0.05) is 12.5 Å². The molecule has 1 fully saturated rings. The fourth-order valence-corrected chi connectivity index (χ4v) is 2.77. The van der Waals surface area contributed by atoms with Gasteiger partial charge in [0.2, 0.25) is 0 Å². The standard InChI is InChI=1S/C16H17N5O.ClH/c17-8-12-14(10-4-3-7-19-9-10)20-16(21-15(12)18)11-5-1-2-6-13(11)22;/h1-2,5-6,10,19,22H,3-4,7,9H2,(H2,18,20,21);1H. The van der Waals surface area contributed by atoms with Gasteiger partial charge in [-0.1, -0.05) is 12.1 Å². The molecule has 0 bridgehead atoms. The summed E-state index contributed by atoms with van der Waals surface area (Å²) in [5.74, 6) is 0.754. The Morgan fingerprint density at radius 2 is 2.09 bits per heavy atom. The number of rotatable bonds is 2. The number of aromatic hydroxyl groups is 1. The molecule has 1 atom stereocenters. The number of benzene rings is 1. The highest BCUT2D eigenvalue weighted by atomic mass is 35.5. The summed E-state index contributed by atoms with van der Waals surface area (Å²) in [6, 6.07) is 8.96. The topological polar surface area (TPSA) is 108 Å². The maximum absolute atomic E-state index is 9.98. The third-order valence-electron chi connectivity index (χ3n) is 3.91. The van der Waals surface area contributed by atoms with E-state index >= 15 is 0 Å². The molecule has 6 nitrogen and oxygen atoms in total. The van der Waals surface area contributed by atoms with E-state index in [2.05, 4.69) is 21.4 Å². The Balaban J connectivity index is 0.00000192. The Morgan fingerprint density at radius 1 is 1.30 bits per heavy atom. The van der Waals surface area contributed by atoms with Gasteiger partial charge in [0.15, 0.2) is 5.82 Å². The van der Waals surface area contributed by atoms with Crippen LogP contribution in [0.2, 0.25) is 0 Å². The first-order valence-corrected chi connectivity index (χ1v) is 7.27. The normalized spacial score (nSPS) is 17.1. The summed E-state index contributed by atoms with van der Waals surface area (Å²) in [7, 11) is 0. The van der Waals surface area contributed by atoms with Crippen molar-refractivity contribution in [1.82, 2.24) is 15.3 Å². The molecule has 2 heterocycles. The smallest absolute Gasteiger partial charge is 0.165 e. The number of hydrogen-bond acceptors (Lipinski definition) is 6. The zero-order chi connectivity index (χ0) is 15.5. The summed E-state index contributed by atoms with van der Waals surface area (Å²) < 4.78 is 0. The second-order valence-corrected chi connectivity index (χ2v) is 5.36. The Hall–Kier alpha value is -2.36. The number of nitrogens with one attached hydrogen (secondary N) is 1. The molecule has 1 aromatic carbocycles. The number of piperidine rings is 1. The average molecular weight is 332 g/mol. The van der Waals surface area contributed by atoms with Crippen molar-refractivity contribution in [2.24, 2.45) is 0 Å². The molecule has 1 aromatic heterocycles. The van der Waals surface area contributed by atoms with Gasteiger partial charge in [0.25, 0.3) is 0 Å². The molecule has 0 radical (unpaired) electrons. The van der Waals surface area contributed by atoms with Crippen LogP contribution in [0.3, 0.4) is 0 Å². The summed E-state index contributed by atoms with van der Waals surface area (Å²) in [5.41, 5.74) is 7.48. The molecule has 0 spiro atoms. The molecule has 23 heavy (non-hydrogen) atoms. The van der Waals surface area contributed by atoms with Crippen molar-refractivity contribution in [3.63, 3.8) is 0 Å². The highest BCUT2D eigenvalue weighted by molar-refractivity contribution is 5.85. The molecule has 1 aliphatic rings. The fraction of sp³-hybridized carbons (Fsp3) is 0.312. The lowest BCUT2D eigenvalue weighted by Crippen LogP contribution is -2.29. The number of nitrogens with zero attached hydrogens (tertiary/aromatic N) is 3. The van der Waals surface area contributed by atoms with E-state index in [0.717, 1.165) is 25.9 Å². The van der Waals surface area contributed by atoms with Gasteiger partial charge >= 0.3 is 0 Å². The van der Waals surface area contributed by atoms with E-state index in [0.29, 0.717) is 22.6 Å². The zero-order valence-corrected chi connectivity index (χ0v) is 13.3. The minimum absolute atomic E-state index is 0. The first-order valence-electron chi connectivity index (χ1n) is 7.27. The van der Waals surface area contributed by atoms with Crippen molar-refractivity contribution in [3.05, 3.63) is 35.5 Å². The first kappa shape index (κ1) is 17.0. The van der Waals surface area contributed by atoms with Crippen LogP contribution in [0.15, 0.2) is 24.3 Å². The van der Waals surface area contributed by atoms with Crippen molar-refractivity contribution in [2.45, 2.75) is 18.8 Å². The van der Waals surface area contributed by atoms with Gasteiger partial charge < -0.3 is 16.2 Å². The molecule has 2 aromatic rings.